The minimum atomic E-state index is 0.378. The zero-order chi connectivity index (χ0) is 10.1. The van der Waals surface area contributed by atoms with Crippen molar-refractivity contribution in [3.63, 3.8) is 0 Å². The standard InChI is InChI=1S/C12H16N2/c1-8-4-5-11-10(6-8)7-12(14-11)9(2)13-3/h4-7,9,13-14H,1-3H3. The molecule has 1 aromatic heterocycles. The normalized spacial score (nSPS) is 13.4. The maximum absolute atomic E-state index is 3.41. The van der Waals surface area contributed by atoms with Crippen LogP contribution in [-0.2, 0) is 0 Å². The van der Waals surface area contributed by atoms with Gasteiger partial charge in [-0.2, -0.15) is 0 Å². The average Bonchev–Trinajstić information content (AvgIpc) is 2.59. The highest BCUT2D eigenvalue weighted by Crippen LogP contribution is 2.20. The Bertz CT molecular complexity index is 443. The van der Waals surface area contributed by atoms with Gasteiger partial charge in [0.05, 0.1) is 0 Å². The number of rotatable bonds is 2. The van der Waals surface area contributed by atoms with E-state index in [0.717, 1.165) is 0 Å². The van der Waals surface area contributed by atoms with Gasteiger partial charge in [-0.3, -0.25) is 0 Å². The molecule has 1 aromatic carbocycles. The molecule has 0 saturated carbocycles. The number of aryl methyl sites for hydroxylation is 1. The molecule has 2 heteroatoms. The van der Waals surface area contributed by atoms with Crippen LogP contribution in [0.15, 0.2) is 24.3 Å². The lowest BCUT2D eigenvalue weighted by Gasteiger charge is -2.05. The quantitative estimate of drug-likeness (QED) is 0.745. The van der Waals surface area contributed by atoms with Gasteiger partial charge in [-0.15, -0.1) is 0 Å². The van der Waals surface area contributed by atoms with Crippen LogP contribution in [0.2, 0.25) is 0 Å². The van der Waals surface area contributed by atoms with Gasteiger partial charge >= 0.3 is 0 Å². The molecule has 0 amide bonds. The van der Waals surface area contributed by atoms with Crippen LogP contribution >= 0.6 is 0 Å². The maximum atomic E-state index is 3.41. The molecule has 2 rings (SSSR count). The van der Waals surface area contributed by atoms with Gasteiger partial charge in [0.25, 0.3) is 0 Å². The summed E-state index contributed by atoms with van der Waals surface area (Å²) in [6.07, 6.45) is 0. The molecule has 1 unspecified atom stereocenters. The number of hydrogen-bond donors (Lipinski definition) is 2. The van der Waals surface area contributed by atoms with Crippen molar-refractivity contribution >= 4 is 10.9 Å². The average molecular weight is 188 g/mol. The first-order chi connectivity index (χ1) is 6.70. The molecule has 0 aliphatic rings. The van der Waals surface area contributed by atoms with Gasteiger partial charge in [-0.1, -0.05) is 11.6 Å². The number of hydrogen-bond acceptors (Lipinski definition) is 1. The Morgan fingerprint density at radius 2 is 2.07 bits per heavy atom. The number of nitrogens with one attached hydrogen (secondary N) is 2. The Labute approximate surface area is 84.3 Å². The summed E-state index contributed by atoms with van der Waals surface area (Å²) in [5.74, 6) is 0. The minimum Gasteiger partial charge on any atom is -0.357 e. The Morgan fingerprint density at radius 3 is 2.79 bits per heavy atom. The van der Waals surface area contributed by atoms with Gasteiger partial charge in [0.2, 0.25) is 0 Å². The van der Waals surface area contributed by atoms with E-state index in [2.05, 4.69) is 48.4 Å². The number of benzene rings is 1. The van der Waals surface area contributed by atoms with Crippen molar-refractivity contribution < 1.29 is 0 Å². The molecular formula is C12H16N2. The van der Waals surface area contributed by atoms with E-state index in [1.165, 1.54) is 22.2 Å². The van der Waals surface area contributed by atoms with Gasteiger partial charge in [-0.05, 0) is 44.5 Å². The smallest absolute Gasteiger partial charge is 0.0456 e. The lowest BCUT2D eigenvalue weighted by atomic mass is 10.1. The highest BCUT2D eigenvalue weighted by atomic mass is 14.9. The van der Waals surface area contributed by atoms with Crippen molar-refractivity contribution in [1.29, 1.82) is 0 Å². The molecule has 2 nitrogen and oxygen atoms in total. The summed E-state index contributed by atoms with van der Waals surface area (Å²) in [5.41, 5.74) is 3.76. The SMILES string of the molecule is CNC(C)c1cc2cc(C)ccc2[nH]1. The summed E-state index contributed by atoms with van der Waals surface area (Å²) in [4.78, 5) is 3.41. The van der Waals surface area contributed by atoms with E-state index in [-0.39, 0.29) is 0 Å². The van der Waals surface area contributed by atoms with Gasteiger partial charge in [0, 0.05) is 17.3 Å². The van der Waals surface area contributed by atoms with Gasteiger partial charge < -0.3 is 10.3 Å². The second-order valence-electron chi connectivity index (χ2n) is 3.83. The number of aromatic nitrogens is 1. The van der Waals surface area contributed by atoms with E-state index in [1.807, 2.05) is 7.05 Å². The Morgan fingerprint density at radius 1 is 1.29 bits per heavy atom. The van der Waals surface area contributed by atoms with Crippen LogP contribution in [0, 0.1) is 6.92 Å². The fourth-order valence-electron chi connectivity index (χ4n) is 1.66. The van der Waals surface area contributed by atoms with Crippen LogP contribution in [-0.4, -0.2) is 12.0 Å². The molecule has 1 heterocycles. The molecule has 0 spiro atoms. The summed E-state index contributed by atoms with van der Waals surface area (Å²) < 4.78 is 0. The molecule has 0 aliphatic carbocycles. The van der Waals surface area contributed by atoms with Gasteiger partial charge in [0.1, 0.15) is 0 Å². The zero-order valence-electron chi connectivity index (χ0n) is 8.89. The summed E-state index contributed by atoms with van der Waals surface area (Å²) in [7, 11) is 1.97. The predicted octanol–water partition coefficient (Wildman–Crippen LogP) is 2.76. The fourth-order valence-corrected chi connectivity index (χ4v) is 1.66. The molecular weight excluding hydrogens is 172 g/mol. The molecule has 0 saturated heterocycles. The molecule has 0 fully saturated rings. The molecule has 2 N–H and O–H groups in total. The minimum absolute atomic E-state index is 0.378. The van der Waals surface area contributed by atoms with Crippen LogP contribution in [0.25, 0.3) is 10.9 Å². The van der Waals surface area contributed by atoms with Crippen molar-refractivity contribution in [1.82, 2.24) is 10.3 Å². The van der Waals surface area contributed by atoms with Crippen LogP contribution in [0.5, 0.6) is 0 Å². The van der Waals surface area contributed by atoms with Crippen LogP contribution < -0.4 is 5.32 Å². The van der Waals surface area contributed by atoms with E-state index in [0.29, 0.717) is 6.04 Å². The van der Waals surface area contributed by atoms with Crippen molar-refractivity contribution in [3.8, 4) is 0 Å². The number of H-pyrrole nitrogens is 1. The van der Waals surface area contributed by atoms with Crippen molar-refractivity contribution in [3.05, 3.63) is 35.5 Å². The second kappa shape index (κ2) is 3.46. The Kier molecular flexibility index (Phi) is 2.30. The van der Waals surface area contributed by atoms with Crippen LogP contribution in [0.1, 0.15) is 24.2 Å². The lowest BCUT2D eigenvalue weighted by molar-refractivity contribution is 0.638. The molecule has 0 aliphatic heterocycles. The maximum Gasteiger partial charge on any atom is 0.0456 e. The van der Waals surface area contributed by atoms with E-state index < -0.39 is 0 Å². The number of fused-ring (bicyclic) bond motifs is 1. The first kappa shape index (κ1) is 9.28. The third kappa shape index (κ3) is 1.53. The van der Waals surface area contributed by atoms with E-state index in [9.17, 15) is 0 Å². The highest BCUT2D eigenvalue weighted by Gasteiger charge is 2.05. The second-order valence-corrected chi connectivity index (χ2v) is 3.83. The van der Waals surface area contributed by atoms with Crippen molar-refractivity contribution in [2.45, 2.75) is 19.9 Å². The molecule has 0 radical (unpaired) electrons. The monoisotopic (exact) mass is 188 g/mol. The lowest BCUT2D eigenvalue weighted by Crippen LogP contribution is -2.12. The van der Waals surface area contributed by atoms with E-state index in [1.54, 1.807) is 0 Å². The van der Waals surface area contributed by atoms with Crippen LogP contribution in [0.3, 0.4) is 0 Å². The summed E-state index contributed by atoms with van der Waals surface area (Å²) in [6, 6.07) is 9.06. The summed E-state index contributed by atoms with van der Waals surface area (Å²) in [5, 5.41) is 4.52. The van der Waals surface area contributed by atoms with E-state index >= 15 is 0 Å². The third-order valence-electron chi connectivity index (χ3n) is 2.70. The first-order valence-electron chi connectivity index (χ1n) is 4.97. The van der Waals surface area contributed by atoms with E-state index in [4.69, 9.17) is 0 Å². The van der Waals surface area contributed by atoms with Gasteiger partial charge in [0.15, 0.2) is 0 Å². The van der Waals surface area contributed by atoms with Crippen molar-refractivity contribution in [2.75, 3.05) is 7.05 Å². The zero-order valence-corrected chi connectivity index (χ0v) is 8.89. The largest absolute Gasteiger partial charge is 0.357 e. The fraction of sp³-hybridized carbons (Fsp3) is 0.333. The third-order valence-corrected chi connectivity index (χ3v) is 2.70. The number of aromatic amines is 1. The molecule has 14 heavy (non-hydrogen) atoms. The predicted molar refractivity (Wildman–Crippen MR) is 60.5 cm³/mol. The Balaban J connectivity index is 2.51. The van der Waals surface area contributed by atoms with Crippen LogP contribution in [0.4, 0.5) is 0 Å². The molecule has 0 bridgehead atoms. The Hall–Kier alpha value is -1.28. The summed E-state index contributed by atoms with van der Waals surface area (Å²) >= 11 is 0. The summed E-state index contributed by atoms with van der Waals surface area (Å²) in [6.45, 7) is 4.27. The molecule has 74 valence electrons. The van der Waals surface area contributed by atoms with Crippen molar-refractivity contribution in [2.24, 2.45) is 0 Å². The topological polar surface area (TPSA) is 27.8 Å². The molecule has 1 atom stereocenters. The highest BCUT2D eigenvalue weighted by molar-refractivity contribution is 5.81. The molecule has 2 aromatic rings. The van der Waals surface area contributed by atoms with Gasteiger partial charge in [-0.25, -0.2) is 0 Å². The first-order valence-corrected chi connectivity index (χ1v) is 4.97.